The fourth-order valence-corrected chi connectivity index (χ4v) is 2.51. The molecule has 6 heteroatoms. The highest BCUT2D eigenvalue weighted by molar-refractivity contribution is 8.00. The number of nitriles is 1. The number of rotatable bonds is 5. The Morgan fingerprint density at radius 1 is 1.32 bits per heavy atom. The second-order valence-electron chi connectivity index (χ2n) is 5.81. The zero-order valence-corrected chi connectivity index (χ0v) is 14.1. The van der Waals surface area contributed by atoms with Crippen LogP contribution in [0.1, 0.15) is 31.1 Å². The maximum absolute atomic E-state index is 12.2. The molecule has 0 saturated carbocycles. The van der Waals surface area contributed by atoms with Crippen LogP contribution in [-0.4, -0.2) is 40.3 Å². The van der Waals surface area contributed by atoms with Crippen molar-refractivity contribution in [1.82, 2.24) is 10.2 Å². The van der Waals surface area contributed by atoms with Crippen LogP contribution in [0.15, 0.2) is 30.3 Å². The van der Waals surface area contributed by atoms with Gasteiger partial charge in [-0.15, -0.1) is 0 Å². The molecule has 0 aromatic heterocycles. The summed E-state index contributed by atoms with van der Waals surface area (Å²) < 4.78 is -0.0405. The molecule has 0 saturated heterocycles. The molecule has 0 heterocycles. The molecule has 0 aliphatic heterocycles. The Labute approximate surface area is 135 Å². The highest BCUT2D eigenvalue weighted by atomic mass is 32.2. The van der Waals surface area contributed by atoms with Crippen LogP contribution in [0.5, 0.6) is 0 Å². The average Bonchev–Trinajstić information content (AvgIpc) is 2.49. The predicted octanol–water partition coefficient (Wildman–Crippen LogP) is 2.26. The number of amides is 2. The minimum Gasteiger partial charge on any atom is -0.339 e. The lowest BCUT2D eigenvalue weighted by Gasteiger charge is -2.24. The summed E-state index contributed by atoms with van der Waals surface area (Å²) in [6.45, 7) is 6.10. The summed E-state index contributed by atoms with van der Waals surface area (Å²) >= 11 is 1.56. The quantitative estimate of drug-likeness (QED) is 0.667. The number of carbonyl (C=O) groups excluding carboxylic acids is 2. The van der Waals surface area contributed by atoms with E-state index in [2.05, 4.69) is 5.32 Å². The summed E-state index contributed by atoms with van der Waals surface area (Å²) in [5.74, 6) is -0.323. The summed E-state index contributed by atoms with van der Waals surface area (Å²) in [6.07, 6.45) is 1.78. The standard InChI is InChI=1S/C16H21N3O2S/c1-16(2,3)22-10-13(15(21)19(4)11-17)18-14(20)12-8-6-5-7-9-12/h5-9,13H,10H2,1-4H3,(H,18,20)/t13-/m0/s1. The molecule has 1 atom stereocenters. The summed E-state index contributed by atoms with van der Waals surface area (Å²) in [6, 6.07) is 7.97. The fraction of sp³-hybridized carbons (Fsp3) is 0.438. The molecule has 22 heavy (non-hydrogen) atoms. The van der Waals surface area contributed by atoms with Crippen molar-refractivity contribution in [1.29, 1.82) is 5.26 Å². The number of likely N-dealkylation sites (N-methyl/N-ethyl adjacent to an activating group) is 1. The van der Waals surface area contributed by atoms with Gasteiger partial charge in [-0.1, -0.05) is 39.0 Å². The van der Waals surface area contributed by atoms with E-state index in [1.807, 2.05) is 26.8 Å². The largest absolute Gasteiger partial charge is 0.339 e. The number of thioether (sulfide) groups is 1. The van der Waals surface area contributed by atoms with Crippen molar-refractivity contribution in [2.45, 2.75) is 31.6 Å². The second kappa shape index (κ2) is 7.85. The second-order valence-corrected chi connectivity index (χ2v) is 7.66. The van der Waals surface area contributed by atoms with E-state index in [4.69, 9.17) is 5.26 Å². The maximum Gasteiger partial charge on any atom is 0.258 e. The van der Waals surface area contributed by atoms with Gasteiger partial charge in [0.25, 0.3) is 11.8 Å². The number of benzene rings is 1. The van der Waals surface area contributed by atoms with Crippen LogP contribution in [0.4, 0.5) is 0 Å². The van der Waals surface area contributed by atoms with E-state index in [0.717, 1.165) is 4.90 Å². The van der Waals surface area contributed by atoms with Crippen LogP contribution >= 0.6 is 11.8 Å². The van der Waals surface area contributed by atoms with Crippen LogP contribution in [0.3, 0.4) is 0 Å². The lowest BCUT2D eigenvalue weighted by Crippen LogP contribution is -2.48. The van der Waals surface area contributed by atoms with Crippen molar-refractivity contribution in [3.05, 3.63) is 35.9 Å². The average molecular weight is 319 g/mol. The zero-order valence-electron chi connectivity index (χ0n) is 13.3. The third kappa shape index (κ3) is 5.78. The van der Waals surface area contributed by atoms with Crippen LogP contribution < -0.4 is 5.32 Å². The van der Waals surface area contributed by atoms with E-state index >= 15 is 0 Å². The Bertz CT molecular complexity index is 561. The molecule has 0 spiro atoms. The number of hydrogen-bond acceptors (Lipinski definition) is 4. The zero-order chi connectivity index (χ0) is 16.8. The molecule has 0 unspecified atom stereocenters. The number of nitrogens with one attached hydrogen (secondary N) is 1. The van der Waals surface area contributed by atoms with Gasteiger partial charge in [0.15, 0.2) is 6.19 Å². The molecule has 118 valence electrons. The predicted molar refractivity (Wildman–Crippen MR) is 88.3 cm³/mol. The lowest BCUT2D eigenvalue weighted by molar-refractivity contribution is -0.128. The van der Waals surface area contributed by atoms with Gasteiger partial charge in [0.05, 0.1) is 0 Å². The number of carbonyl (C=O) groups is 2. The summed E-state index contributed by atoms with van der Waals surface area (Å²) in [5, 5.41) is 11.6. The van der Waals surface area contributed by atoms with Gasteiger partial charge in [-0.3, -0.25) is 14.5 Å². The molecule has 0 aliphatic rings. The van der Waals surface area contributed by atoms with Gasteiger partial charge in [-0.25, -0.2) is 0 Å². The first kappa shape index (κ1) is 18.1. The molecule has 5 nitrogen and oxygen atoms in total. The van der Waals surface area contributed by atoms with Crippen molar-refractivity contribution in [3.63, 3.8) is 0 Å². The van der Waals surface area contributed by atoms with E-state index in [9.17, 15) is 9.59 Å². The van der Waals surface area contributed by atoms with E-state index in [1.54, 1.807) is 42.2 Å². The summed E-state index contributed by atoms with van der Waals surface area (Å²) in [7, 11) is 1.39. The van der Waals surface area contributed by atoms with Gasteiger partial charge in [-0.05, 0) is 12.1 Å². The van der Waals surface area contributed by atoms with Gasteiger partial charge in [0, 0.05) is 23.1 Å². The lowest BCUT2D eigenvalue weighted by atomic mass is 10.2. The highest BCUT2D eigenvalue weighted by Crippen LogP contribution is 2.24. The summed E-state index contributed by atoms with van der Waals surface area (Å²) in [5.41, 5.74) is 0.487. The Hall–Kier alpha value is -2.00. The maximum atomic E-state index is 12.2. The van der Waals surface area contributed by atoms with E-state index in [1.165, 1.54) is 7.05 Å². The molecule has 2 amide bonds. The first-order valence-corrected chi connectivity index (χ1v) is 7.90. The first-order valence-electron chi connectivity index (χ1n) is 6.92. The third-order valence-corrected chi connectivity index (χ3v) is 4.17. The third-order valence-electron chi connectivity index (χ3n) is 2.80. The molecule has 1 aromatic rings. The normalized spacial score (nSPS) is 12.1. The molecular weight excluding hydrogens is 298 g/mol. The van der Waals surface area contributed by atoms with Crippen molar-refractivity contribution in [3.8, 4) is 6.19 Å². The van der Waals surface area contributed by atoms with Gasteiger partial charge in [-0.2, -0.15) is 17.0 Å². The van der Waals surface area contributed by atoms with Gasteiger partial charge < -0.3 is 5.32 Å². The topological polar surface area (TPSA) is 73.2 Å². The van der Waals surface area contributed by atoms with Crippen LogP contribution in [-0.2, 0) is 4.79 Å². The van der Waals surface area contributed by atoms with Crippen molar-refractivity contribution >= 4 is 23.6 Å². The van der Waals surface area contributed by atoms with E-state index in [-0.39, 0.29) is 10.7 Å². The Kier molecular flexibility index (Phi) is 6.44. The number of hydrogen-bond donors (Lipinski definition) is 1. The SMILES string of the molecule is CN(C#N)C(=O)[C@H](CSC(C)(C)C)NC(=O)c1ccccc1. The van der Waals surface area contributed by atoms with Crippen LogP contribution in [0.2, 0.25) is 0 Å². The first-order chi connectivity index (χ1) is 10.2. The van der Waals surface area contributed by atoms with Crippen LogP contribution in [0, 0.1) is 11.5 Å². The minimum atomic E-state index is -0.735. The molecule has 0 aliphatic carbocycles. The molecule has 1 aromatic carbocycles. The Balaban J connectivity index is 2.84. The van der Waals surface area contributed by atoms with Gasteiger partial charge >= 0.3 is 0 Å². The molecule has 0 radical (unpaired) electrons. The summed E-state index contributed by atoms with van der Waals surface area (Å²) in [4.78, 5) is 25.4. The highest BCUT2D eigenvalue weighted by Gasteiger charge is 2.26. The molecule has 0 bridgehead atoms. The smallest absolute Gasteiger partial charge is 0.258 e. The molecule has 1 N–H and O–H groups in total. The monoisotopic (exact) mass is 319 g/mol. The Morgan fingerprint density at radius 2 is 1.91 bits per heavy atom. The Morgan fingerprint density at radius 3 is 2.41 bits per heavy atom. The van der Waals surface area contributed by atoms with Crippen molar-refractivity contribution in [2.75, 3.05) is 12.8 Å². The van der Waals surface area contributed by atoms with Crippen molar-refractivity contribution in [2.24, 2.45) is 0 Å². The number of nitrogens with zero attached hydrogens (tertiary/aromatic N) is 2. The van der Waals surface area contributed by atoms with Gasteiger partial charge in [0.1, 0.15) is 6.04 Å². The van der Waals surface area contributed by atoms with Crippen molar-refractivity contribution < 1.29 is 9.59 Å². The van der Waals surface area contributed by atoms with E-state index < -0.39 is 11.9 Å². The van der Waals surface area contributed by atoms with Gasteiger partial charge in [0.2, 0.25) is 0 Å². The van der Waals surface area contributed by atoms with E-state index in [0.29, 0.717) is 11.3 Å². The van der Waals surface area contributed by atoms with Crippen LogP contribution in [0.25, 0.3) is 0 Å². The molecule has 1 rings (SSSR count). The molecule has 0 fully saturated rings. The minimum absolute atomic E-state index is 0.0405. The fourth-order valence-electron chi connectivity index (χ4n) is 1.62. The molecular formula is C16H21N3O2S.